The number of fused-ring (bicyclic) bond motifs is 1. The fraction of sp³-hybridized carbons (Fsp3) is 0.261. The fourth-order valence-corrected chi connectivity index (χ4v) is 3.44. The molecule has 0 aliphatic heterocycles. The van der Waals surface area contributed by atoms with E-state index in [0.29, 0.717) is 17.9 Å². The quantitative estimate of drug-likeness (QED) is 0.585. The summed E-state index contributed by atoms with van der Waals surface area (Å²) in [6.07, 6.45) is 8.16. The lowest BCUT2D eigenvalue weighted by atomic mass is 9.92. The number of nitriles is 1. The number of amides is 1. The third-order valence-electron chi connectivity index (χ3n) is 5.21. The van der Waals surface area contributed by atoms with Gasteiger partial charge in [0.25, 0.3) is 0 Å². The molecule has 0 radical (unpaired) electrons. The van der Waals surface area contributed by atoms with Crippen LogP contribution in [0.2, 0.25) is 0 Å². The van der Waals surface area contributed by atoms with E-state index >= 15 is 0 Å². The molecule has 1 heterocycles. The second kappa shape index (κ2) is 7.69. The summed E-state index contributed by atoms with van der Waals surface area (Å²) in [6.45, 7) is 9.96. The smallest absolute Gasteiger partial charge is 0.230 e. The number of carbonyl (C=O) groups excluding carboxylic acids is 1. The van der Waals surface area contributed by atoms with E-state index in [1.165, 1.54) is 0 Å². The Balaban J connectivity index is 2.04. The Labute approximate surface area is 165 Å². The van der Waals surface area contributed by atoms with E-state index in [4.69, 9.17) is 11.0 Å². The molecule has 0 spiro atoms. The van der Waals surface area contributed by atoms with Crippen LogP contribution in [0.3, 0.4) is 0 Å². The van der Waals surface area contributed by atoms with Gasteiger partial charge in [0, 0.05) is 17.3 Å². The van der Waals surface area contributed by atoms with Crippen molar-refractivity contribution in [3.8, 4) is 6.07 Å². The van der Waals surface area contributed by atoms with E-state index in [2.05, 4.69) is 29.0 Å². The maximum Gasteiger partial charge on any atom is 0.230 e. The third-order valence-corrected chi connectivity index (χ3v) is 5.21. The molecule has 0 bridgehead atoms. The first-order chi connectivity index (χ1) is 13.4. The Hall–Kier alpha value is -3.39. The molecular weight excluding hydrogens is 348 g/mol. The zero-order valence-corrected chi connectivity index (χ0v) is 16.4. The maximum absolute atomic E-state index is 12.2. The topological polar surface area (TPSA) is 91.8 Å². The second-order valence-corrected chi connectivity index (χ2v) is 7.12. The normalized spacial score (nSPS) is 19.2. The molecule has 2 aromatic rings. The van der Waals surface area contributed by atoms with Crippen molar-refractivity contribution in [1.29, 1.82) is 5.26 Å². The Bertz CT molecular complexity index is 1070. The van der Waals surface area contributed by atoms with Crippen LogP contribution in [0.4, 0.5) is 11.5 Å². The van der Waals surface area contributed by atoms with E-state index in [0.717, 1.165) is 33.0 Å². The van der Waals surface area contributed by atoms with Gasteiger partial charge in [-0.25, -0.2) is 4.98 Å². The van der Waals surface area contributed by atoms with E-state index in [1.54, 1.807) is 6.20 Å². The second-order valence-electron chi connectivity index (χ2n) is 7.12. The third kappa shape index (κ3) is 3.54. The molecule has 142 valence electrons. The van der Waals surface area contributed by atoms with Crippen molar-refractivity contribution in [2.45, 2.75) is 27.2 Å². The molecule has 1 saturated carbocycles. The number of nitrogen functional groups attached to an aromatic ring is 1. The van der Waals surface area contributed by atoms with Crippen LogP contribution in [0.1, 0.15) is 31.4 Å². The Morgan fingerprint density at radius 1 is 1.46 bits per heavy atom. The molecule has 5 nitrogen and oxygen atoms in total. The number of carbonyl (C=O) groups is 1. The van der Waals surface area contributed by atoms with Crippen LogP contribution in [-0.2, 0) is 4.79 Å². The van der Waals surface area contributed by atoms with Gasteiger partial charge >= 0.3 is 0 Å². The van der Waals surface area contributed by atoms with Gasteiger partial charge < -0.3 is 11.1 Å². The molecule has 3 rings (SSSR count). The zero-order chi connectivity index (χ0) is 20.4. The predicted molar refractivity (Wildman–Crippen MR) is 114 cm³/mol. The molecule has 2 atom stereocenters. The van der Waals surface area contributed by atoms with Gasteiger partial charge in [0.2, 0.25) is 5.91 Å². The van der Waals surface area contributed by atoms with Crippen molar-refractivity contribution in [2.75, 3.05) is 11.1 Å². The van der Waals surface area contributed by atoms with Gasteiger partial charge in [-0.15, -0.1) is 0 Å². The van der Waals surface area contributed by atoms with Crippen LogP contribution >= 0.6 is 0 Å². The average molecular weight is 372 g/mol. The van der Waals surface area contributed by atoms with Gasteiger partial charge in [-0.05, 0) is 67.0 Å². The van der Waals surface area contributed by atoms with Gasteiger partial charge in [0.05, 0.1) is 17.9 Å². The van der Waals surface area contributed by atoms with Crippen LogP contribution in [0.15, 0.2) is 48.7 Å². The summed E-state index contributed by atoms with van der Waals surface area (Å²) in [4.78, 5) is 16.6. The van der Waals surface area contributed by atoms with Gasteiger partial charge in [-0.3, -0.25) is 4.79 Å². The first-order valence-electron chi connectivity index (χ1n) is 9.27. The van der Waals surface area contributed by atoms with Crippen molar-refractivity contribution in [1.82, 2.24) is 4.98 Å². The number of nitrogens with zero attached hydrogens (tertiary/aromatic N) is 2. The summed E-state index contributed by atoms with van der Waals surface area (Å²) in [7, 11) is 0. The minimum absolute atomic E-state index is 0.158. The number of nitrogens with one attached hydrogen (secondary N) is 1. The van der Waals surface area contributed by atoms with Gasteiger partial charge in [-0.2, -0.15) is 5.26 Å². The SMILES string of the molecule is C=C/C(=C(C)\C=C/C)c1cc2cc(NC(=O)[C@H]3CC3C#N)ncc2c(N)c1C. The number of allylic oxidation sites excluding steroid dienone is 5. The van der Waals surface area contributed by atoms with Crippen molar-refractivity contribution < 1.29 is 4.79 Å². The molecule has 28 heavy (non-hydrogen) atoms. The van der Waals surface area contributed by atoms with Crippen LogP contribution in [0.5, 0.6) is 0 Å². The fourth-order valence-electron chi connectivity index (χ4n) is 3.44. The minimum Gasteiger partial charge on any atom is -0.398 e. The highest BCUT2D eigenvalue weighted by Gasteiger charge is 2.43. The lowest BCUT2D eigenvalue weighted by molar-refractivity contribution is -0.117. The van der Waals surface area contributed by atoms with Crippen molar-refractivity contribution >= 4 is 33.8 Å². The minimum atomic E-state index is -0.236. The molecule has 1 unspecified atom stereocenters. The summed E-state index contributed by atoms with van der Waals surface area (Å²) in [6, 6.07) is 6.00. The van der Waals surface area contributed by atoms with E-state index in [9.17, 15) is 4.79 Å². The molecule has 1 aromatic carbocycles. The highest BCUT2D eigenvalue weighted by Crippen LogP contribution is 2.39. The van der Waals surface area contributed by atoms with E-state index in [1.807, 2.05) is 45.1 Å². The molecule has 1 aromatic heterocycles. The number of anilines is 2. The van der Waals surface area contributed by atoms with Gasteiger partial charge in [0.15, 0.2) is 0 Å². The molecule has 0 saturated heterocycles. The zero-order valence-electron chi connectivity index (χ0n) is 16.4. The number of hydrogen-bond acceptors (Lipinski definition) is 4. The van der Waals surface area contributed by atoms with E-state index in [-0.39, 0.29) is 17.7 Å². The molecule has 1 aliphatic rings. The van der Waals surface area contributed by atoms with Crippen molar-refractivity contribution in [3.05, 3.63) is 59.8 Å². The Kier molecular flexibility index (Phi) is 5.32. The number of nitrogens with two attached hydrogens (primary N) is 1. The largest absolute Gasteiger partial charge is 0.398 e. The molecule has 1 amide bonds. The summed E-state index contributed by atoms with van der Waals surface area (Å²) >= 11 is 0. The lowest BCUT2D eigenvalue weighted by Gasteiger charge is -2.15. The highest BCUT2D eigenvalue weighted by atomic mass is 16.2. The summed E-state index contributed by atoms with van der Waals surface area (Å²) < 4.78 is 0. The average Bonchev–Trinajstić information content (AvgIpc) is 3.46. The van der Waals surface area contributed by atoms with Crippen LogP contribution < -0.4 is 11.1 Å². The van der Waals surface area contributed by atoms with Crippen LogP contribution in [0.25, 0.3) is 16.3 Å². The molecule has 3 N–H and O–H groups in total. The number of hydrogen-bond donors (Lipinski definition) is 2. The number of pyridine rings is 1. The first kappa shape index (κ1) is 19.4. The summed E-state index contributed by atoms with van der Waals surface area (Å²) in [5.74, 6) is -0.112. The molecule has 5 heteroatoms. The molecule has 1 fully saturated rings. The summed E-state index contributed by atoms with van der Waals surface area (Å²) in [5, 5.41) is 13.4. The highest BCUT2D eigenvalue weighted by molar-refractivity contribution is 6.01. The van der Waals surface area contributed by atoms with Crippen molar-refractivity contribution in [3.63, 3.8) is 0 Å². The number of benzene rings is 1. The van der Waals surface area contributed by atoms with E-state index < -0.39 is 0 Å². The molecular formula is C23H24N4O. The maximum atomic E-state index is 12.2. The van der Waals surface area contributed by atoms with Crippen LogP contribution in [0, 0.1) is 30.1 Å². The Morgan fingerprint density at radius 2 is 2.21 bits per heavy atom. The monoisotopic (exact) mass is 372 g/mol. The first-order valence-corrected chi connectivity index (χ1v) is 9.27. The van der Waals surface area contributed by atoms with Gasteiger partial charge in [0.1, 0.15) is 5.82 Å². The Morgan fingerprint density at radius 3 is 2.82 bits per heavy atom. The van der Waals surface area contributed by atoms with Crippen molar-refractivity contribution in [2.24, 2.45) is 11.8 Å². The van der Waals surface area contributed by atoms with Gasteiger partial charge in [-0.1, -0.05) is 24.8 Å². The molecule has 1 aliphatic carbocycles. The number of aromatic nitrogens is 1. The lowest BCUT2D eigenvalue weighted by Crippen LogP contribution is -2.15. The standard InChI is InChI=1S/C23H24N4O/c1-5-7-13(3)17(6-2)18-8-15-10-21(26-12-20(15)22(25)14(18)4)27-23(28)19-9-16(19)11-24/h5-8,10,12,16,19H,2,9,25H2,1,3-4H3,(H,26,27,28)/b7-5-,17-13+/t16?,19-/m0/s1. The predicted octanol–water partition coefficient (Wildman–Crippen LogP) is 4.76. The van der Waals surface area contributed by atoms with Crippen LogP contribution in [-0.4, -0.2) is 10.9 Å². The summed E-state index contributed by atoms with van der Waals surface area (Å²) in [5.41, 5.74) is 11.1. The number of rotatable bonds is 5.